The van der Waals surface area contributed by atoms with Gasteiger partial charge in [0.05, 0.1) is 0 Å². The Kier molecular flexibility index (Phi) is 4.88. The second kappa shape index (κ2) is 5.97. The molecule has 77 valence electrons. The number of allylic oxidation sites excluding steroid dienone is 4. The van der Waals surface area contributed by atoms with E-state index in [9.17, 15) is 9.81 Å². The van der Waals surface area contributed by atoms with Gasteiger partial charge in [-0.25, -0.2) is 0 Å². The zero-order valence-corrected chi connectivity index (χ0v) is 11.0. The van der Waals surface area contributed by atoms with Crippen LogP contribution in [0.2, 0.25) is 9.62 Å². The van der Waals surface area contributed by atoms with Crippen LogP contribution in [0, 0.1) is 9.81 Å². The average Bonchev–Trinajstić information content (AvgIpc) is 2.73. The molecular weight excluding hydrogens is 352 g/mol. The van der Waals surface area contributed by atoms with Gasteiger partial charge in [0.2, 0.25) is 0 Å². The zero-order valence-electron chi connectivity index (χ0n) is 8.05. The SMILES string of the molecule is C[CH2][W]([CH2]C(N=O)N=O)[C]1=CC=CC1. The van der Waals surface area contributed by atoms with Crippen molar-refractivity contribution in [1.82, 2.24) is 0 Å². The molecule has 0 saturated heterocycles. The van der Waals surface area contributed by atoms with Crippen LogP contribution >= 0.6 is 0 Å². The number of nitroso groups, excluding NO2 is 2. The van der Waals surface area contributed by atoms with E-state index in [1.165, 1.54) is 3.96 Å². The molecule has 0 radical (unpaired) electrons. The summed E-state index contributed by atoms with van der Waals surface area (Å²) >= 11 is -1.71. The van der Waals surface area contributed by atoms with Gasteiger partial charge >= 0.3 is 88.8 Å². The van der Waals surface area contributed by atoms with E-state index in [2.05, 4.69) is 29.4 Å². The molecule has 5 heteroatoms. The van der Waals surface area contributed by atoms with Crippen LogP contribution in [0.4, 0.5) is 0 Å². The van der Waals surface area contributed by atoms with Crippen LogP contribution in [-0.4, -0.2) is 6.17 Å². The van der Waals surface area contributed by atoms with Crippen molar-refractivity contribution >= 4 is 0 Å². The Balaban J connectivity index is 2.54. The minimum atomic E-state index is -1.71. The molecule has 0 N–H and O–H groups in total. The fourth-order valence-corrected chi connectivity index (χ4v) is 8.16. The van der Waals surface area contributed by atoms with E-state index in [0.717, 1.165) is 11.2 Å². The standard InChI is InChI=1S/C5H5.C2H3N2O2.C2H5.W/c1-2-4-5-3-1;1-2(3-5)4-6;1-2;/h1-3H,4H2;2H,1H2;1H2,2H3;. The third-order valence-electron chi connectivity index (χ3n) is 2.05. The normalized spacial score (nSPS) is 14.9. The van der Waals surface area contributed by atoms with Gasteiger partial charge in [0.25, 0.3) is 0 Å². The van der Waals surface area contributed by atoms with Gasteiger partial charge in [0.1, 0.15) is 0 Å². The molecule has 0 heterocycles. The number of nitrogens with zero attached hydrogens (tertiary/aromatic N) is 2. The second-order valence-electron chi connectivity index (χ2n) is 2.90. The molecule has 0 spiro atoms. The van der Waals surface area contributed by atoms with Gasteiger partial charge in [-0.2, -0.15) is 0 Å². The van der Waals surface area contributed by atoms with Gasteiger partial charge in [0, 0.05) is 0 Å². The summed E-state index contributed by atoms with van der Waals surface area (Å²) in [5.41, 5.74) is 0. The summed E-state index contributed by atoms with van der Waals surface area (Å²) < 4.78 is 1.46. The third-order valence-corrected chi connectivity index (χ3v) is 10.8. The predicted molar refractivity (Wildman–Crippen MR) is 52.5 cm³/mol. The summed E-state index contributed by atoms with van der Waals surface area (Å²) in [6.45, 7) is 2.12. The molecule has 0 atom stereocenters. The summed E-state index contributed by atoms with van der Waals surface area (Å²) in [7, 11) is 0. The third kappa shape index (κ3) is 2.95. The molecule has 0 aromatic carbocycles. The first kappa shape index (κ1) is 11.4. The fraction of sp³-hybridized carbons (Fsp3) is 0.556. The van der Waals surface area contributed by atoms with Gasteiger partial charge in [-0.3, -0.25) is 0 Å². The Morgan fingerprint density at radius 2 is 2.21 bits per heavy atom. The molecule has 0 fully saturated rings. The zero-order chi connectivity index (χ0) is 10.4. The van der Waals surface area contributed by atoms with Crippen molar-refractivity contribution in [2.75, 3.05) is 0 Å². The van der Waals surface area contributed by atoms with Crippen molar-refractivity contribution in [3.63, 3.8) is 0 Å². The first-order chi connectivity index (χ1) is 6.81. The fourth-order valence-electron chi connectivity index (χ4n) is 1.31. The molecule has 0 aromatic rings. The average molecular weight is 365 g/mol. The molecule has 0 bridgehead atoms. The van der Waals surface area contributed by atoms with Gasteiger partial charge in [0.15, 0.2) is 0 Å². The summed E-state index contributed by atoms with van der Waals surface area (Å²) in [4.78, 5) is 22.3. The summed E-state index contributed by atoms with van der Waals surface area (Å²) in [6, 6.07) is 0. The summed E-state index contributed by atoms with van der Waals surface area (Å²) in [5, 5.41) is 5.47. The van der Waals surface area contributed by atoms with Gasteiger partial charge in [-0.15, -0.1) is 0 Å². The Morgan fingerprint density at radius 1 is 1.50 bits per heavy atom. The minimum absolute atomic E-state index is 0.636. The first-order valence-corrected chi connectivity index (χ1v) is 10.1. The van der Waals surface area contributed by atoms with Gasteiger partial charge in [-0.1, -0.05) is 0 Å². The van der Waals surface area contributed by atoms with E-state index >= 15 is 0 Å². The monoisotopic (exact) mass is 365 g/mol. The number of hydrogen-bond donors (Lipinski definition) is 0. The van der Waals surface area contributed by atoms with Crippen molar-refractivity contribution in [2.24, 2.45) is 10.4 Å². The number of rotatable bonds is 6. The summed E-state index contributed by atoms with van der Waals surface area (Å²) in [6.07, 6.45) is 6.45. The maximum atomic E-state index is 10.3. The Morgan fingerprint density at radius 3 is 2.64 bits per heavy atom. The maximum absolute atomic E-state index is 10.3. The molecule has 14 heavy (non-hydrogen) atoms. The molecule has 0 saturated carbocycles. The molecule has 1 rings (SSSR count). The van der Waals surface area contributed by atoms with Gasteiger partial charge < -0.3 is 0 Å². The van der Waals surface area contributed by atoms with Crippen LogP contribution in [0.3, 0.4) is 0 Å². The van der Waals surface area contributed by atoms with Crippen LogP contribution in [0.5, 0.6) is 0 Å². The van der Waals surface area contributed by atoms with Crippen molar-refractivity contribution in [1.29, 1.82) is 0 Å². The molecule has 1 aliphatic carbocycles. The molecule has 0 aliphatic heterocycles. The second-order valence-corrected chi connectivity index (χ2v) is 11.6. The van der Waals surface area contributed by atoms with Crippen LogP contribution in [0.15, 0.2) is 32.5 Å². The molecule has 4 nitrogen and oxygen atoms in total. The van der Waals surface area contributed by atoms with Crippen molar-refractivity contribution in [3.05, 3.63) is 32.0 Å². The van der Waals surface area contributed by atoms with Crippen LogP contribution in [0.1, 0.15) is 13.3 Å². The Bertz CT molecular complexity index is 268. The molecular formula is C9H13N2O2W. The van der Waals surface area contributed by atoms with Gasteiger partial charge in [-0.05, 0) is 0 Å². The van der Waals surface area contributed by atoms with E-state index in [1.807, 2.05) is 6.08 Å². The van der Waals surface area contributed by atoms with E-state index in [4.69, 9.17) is 0 Å². The summed E-state index contributed by atoms with van der Waals surface area (Å²) in [5.74, 6) is 0. The van der Waals surface area contributed by atoms with Crippen molar-refractivity contribution in [3.8, 4) is 0 Å². The van der Waals surface area contributed by atoms with Crippen LogP contribution in [0.25, 0.3) is 0 Å². The predicted octanol–water partition coefficient (Wildman–Crippen LogP) is 3.16. The van der Waals surface area contributed by atoms with E-state index in [0.29, 0.717) is 4.81 Å². The van der Waals surface area contributed by atoms with Crippen molar-refractivity contribution in [2.45, 2.75) is 29.1 Å². The number of hydrogen-bond acceptors (Lipinski definition) is 4. The quantitative estimate of drug-likeness (QED) is 0.679. The topological polar surface area (TPSA) is 58.9 Å². The van der Waals surface area contributed by atoms with Crippen LogP contribution < -0.4 is 0 Å². The molecule has 0 unspecified atom stereocenters. The molecule has 1 aliphatic rings. The molecule has 0 aromatic heterocycles. The molecule has 0 amide bonds. The van der Waals surface area contributed by atoms with E-state index in [-0.39, 0.29) is 0 Å². The van der Waals surface area contributed by atoms with E-state index in [1.54, 1.807) is 0 Å². The van der Waals surface area contributed by atoms with Crippen molar-refractivity contribution < 1.29 is 17.3 Å². The van der Waals surface area contributed by atoms with E-state index < -0.39 is 23.5 Å². The Labute approximate surface area is 89.0 Å². The van der Waals surface area contributed by atoms with Crippen LogP contribution in [-0.2, 0) is 17.3 Å². The Hall–Kier alpha value is -0.632. The first-order valence-electron chi connectivity index (χ1n) is 4.50.